The molecule has 0 aromatic heterocycles. The molecular weight excluding hydrogens is 254 g/mol. The largest absolute Gasteiger partial charge is 0.508 e. The minimum atomic E-state index is 0.242. The summed E-state index contributed by atoms with van der Waals surface area (Å²) in [5.41, 5.74) is 7.62. The minimum absolute atomic E-state index is 0.242. The van der Waals surface area contributed by atoms with E-state index in [9.17, 15) is 5.11 Å². The molecule has 0 saturated carbocycles. The maximum absolute atomic E-state index is 9.26. The zero-order valence-electron chi connectivity index (χ0n) is 11.5. The van der Waals surface area contributed by atoms with Crippen LogP contribution in [0.3, 0.4) is 0 Å². The fraction of sp³-hybridized carbons (Fsp3) is 0.250. The summed E-state index contributed by atoms with van der Waals surface area (Å²) < 4.78 is 11.4. The minimum Gasteiger partial charge on any atom is -0.508 e. The highest BCUT2D eigenvalue weighted by molar-refractivity contribution is 5.46. The standard InChI is InChI=1S/C16H19NO3/c1-2-19-15-5-3-4-13(10-17)16(15)20-11-12-6-8-14(18)9-7-12/h3-9,18H,2,10-11,17H2,1H3. The lowest BCUT2D eigenvalue weighted by atomic mass is 10.2. The Morgan fingerprint density at radius 2 is 1.80 bits per heavy atom. The van der Waals surface area contributed by atoms with Gasteiger partial charge in [-0.05, 0) is 30.7 Å². The molecule has 0 heterocycles. The molecule has 0 radical (unpaired) electrons. The highest BCUT2D eigenvalue weighted by Crippen LogP contribution is 2.32. The second kappa shape index (κ2) is 6.82. The predicted molar refractivity (Wildman–Crippen MR) is 77.9 cm³/mol. The van der Waals surface area contributed by atoms with Gasteiger partial charge in [0.2, 0.25) is 0 Å². The van der Waals surface area contributed by atoms with Gasteiger partial charge in [0, 0.05) is 12.1 Å². The first-order chi connectivity index (χ1) is 9.74. The van der Waals surface area contributed by atoms with Crippen molar-refractivity contribution in [1.29, 1.82) is 0 Å². The molecule has 0 amide bonds. The number of hydrogen-bond acceptors (Lipinski definition) is 4. The van der Waals surface area contributed by atoms with Gasteiger partial charge in [0.25, 0.3) is 0 Å². The van der Waals surface area contributed by atoms with Gasteiger partial charge in [-0.25, -0.2) is 0 Å². The Balaban J connectivity index is 2.16. The molecule has 0 aliphatic carbocycles. The number of aromatic hydroxyl groups is 1. The van der Waals surface area contributed by atoms with Crippen LogP contribution in [0.15, 0.2) is 42.5 Å². The van der Waals surface area contributed by atoms with Crippen LogP contribution >= 0.6 is 0 Å². The third kappa shape index (κ3) is 3.42. The van der Waals surface area contributed by atoms with E-state index in [0.29, 0.717) is 31.3 Å². The molecule has 0 aliphatic rings. The van der Waals surface area contributed by atoms with E-state index in [-0.39, 0.29) is 5.75 Å². The Morgan fingerprint density at radius 1 is 1.05 bits per heavy atom. The van der Waals surface area contributed by atoms with Crippen molar-refractivity contribution in [3.8, 4) is 17.2 Å². The van der Waals surface area contributed by atoms with Crippen LogP contribution in [0.25, 0.3) is 0 Å². The molecular formula is C16H19NO3. The number of para-hydroxylation sites is 1. The number of hydrogen-bond donors (Lipinski definition) is 2. The SMILES string of the molecule is CCOc1cccc(CN)c1OCc1ccc(O)cc1. The summed E-state index contributed by atoms with van der Waals surface area (Å²) in [6, 6.07) is 12.6. The van der Waals surface area contributed by atoms with Gasteiger partial charge in [0.1, 0.15) is 12.4 Å². The van der Waals surface area contributed by atoms with Crippen molar-refractivity contribution in [1.82, 2.24) is 0 Å². The molecule has 2 aromatic carbocycles. The Bertz CT molecular complexity index is 552. The molecule has 4 heteroatoms. The first-order valence-corrected chi connectivity index (χ1v) is 6.60. The van der Waals surface area contributed by atoms with Crippen LogP contribution in [0, 0.1) is 0 Å². The smallest absolute Gasteiger partial charge is 0.166 e. The van der Waals surface area contributed by atoms with E-state index in [0.717, 1.165) is 11.1 Å². The molecule has 2 aromatic rings. The van der Waals surface area contributed by atoms with Crippen LogP contribution in [-0.2, 0) is 13.2 Å². The van der Waals surface area contributed by atoms with E-state index in [4.69, 9.17) is 15.2 Å². The van der Waals surface area contributed by atoms with Gasteiger partial charge < -0.3 is 20.3 Å². The van der Waals surface area contributed by atoms with E-state index in [1.807, 2.05) is 37.3 Å². The average molecular weight is 273 g/mol. The fourth-order valence-electron chi connectivity index (χ4n) is 1.90. The zero-order chi connectivity index (χ0) is 14.4. The average Bonchev–Trinajstić information content (AvgIpc) is 2.47. The van der Waals surface area contributed by atoms with Gasteiger partial charge in [0.05, 0.1) is 6.61 Å². The van der Waals surface area contributed by atoms with Crippen LogP contribution < -0.4 is 15.2 Å². The van der Waals surface area contributed by atoms with Crippen molar-refractivity contribution in [2.75, 3.05) is 6.61 Å². The number of benzene rings is 2. The van der Waals surface area contributed by atoms with Gasteiger partial charge >= 0.3 is 0 Å². The third-order valence-corrected chi connectivity index (χ3v) is 2.90. The van der Waals surface area contributed by atoms with Crippen LogP contribution in [0.1, 0.15) is 18.1 Å². The quantitative estimate of drug-likeness (QED) is 0.849. The summed E-state index contributed by atoms with van der Waals surface area (Å²) >= 11 is 0. The number of nitrogens with two attached hydrogens (primary N) is 1. The van der Waals surface area contributed by atoms with Crippen LogP contribution in [0.4, 0.5) is 0 Å². The van der Waals surface area contributed by atoms with Crippen LogP contribution in [0.2, 0.25) is 0 Å². The molecule has 0 atom stereocenters. The molecule has 0 bridgehead atoms. The van der Waals surface area contributed by atoms with Crippen molar-refractivity contribution in [2.24, 2.45) is 5.73 Å². The van der Waals surface area contributed by atoms with Gasteiger partial charge in [-0.1, -0.05) is 24.3 Å². The van der Waals surface area contributed by atoms with Gasteiger partial charge in [-0.2, -0.15) is 0 Å². The van der Waals surface area contributed by atoms with Crippen molar-refractivity contribution in [2.45, 2.75) is 20.1 Å². The molecule has 0 aliphatic heterocycles. The first-order valence-electron chi connectivity index (χ1n) is 6.60. The summed E-state index contributed by atoms with van der Waals surface area (Å²) in [6.45, 7) is 3.30. The van der Waals surface area contributed by atoms with Crippen molar-refractivity contribution >= 4 is 0 Å². The van der Waals surface area contributed by atoms with Crippen molar-refractivity contribution in [3.63, 3.8) is 0 Å². The normalized spacial score (nSPS) is 10.3. The first kappa shape index (κ1) is 14.2. The monoisotopic (exact) mass is 273 g/mol. The van der Waals surface area contributed by atoms with E-state index >= 15 is 0 Å². The van der Waals surface area contributed by atoms with Crippen molar-refractivity contribution in [3.05, 3.63) is 53.6 Å². The molecule has 2 rings (SSSR count). The van der Waals surface area contributed by atoms with E-state index < -0.39 is 0 Å². The second-order valence-corrected chi connectivity index (χ2v) is 4.34. The number of phenolic OH excluding ortho intramolecular Hbond substituents is 1. The lowest BCUT2D eigenvalue weighted by Gasteiger charge is -2.15. The Hall–Kier alpha value is -2.20. The summed E-state index contributed by atoms with van der Waals surface area (Å²) in [4.78, 5) is 0. The van der Waals surface area contributed by atoms with Gasteiger partial charge in [-0.15, -0.1) is 0 Å². The fourth-order valence-corrected chi connectivity index (χ4v) is 1.90. The van der Waals surface area contributed by atoms with Crippen molar-refractivity contribution < 1.29 is 14.6 Å². The molecule has 3 N–H and O–H groups in total. The number of ether oxygens (including phenoxy) is 2. The van der Waals surface area contributed by atoms with Gasteiger partial charge in [-0.3, -0.25) is 0 Å². The third-order valence-electron chi connectivity index (χ3n) is 2.90. The molecule has 106 valence electrons. The molecule has 0 unspecified atom stereocenters. The lowest BCUT2D eigenvalue weighted by molar-refractivity contribution is 0.266. The zero-order valence-corrected chi connectivity index (χ0v) is 11.5. The predicted octanol–water partition coefficient (Wildman–Crippen LogP) is 2.83. The van der Waals surface area contributed by atoms with Crippen LogP contribution in [0.5, 0.6) is 17.2 Å². The number of rotatable bonds is 6. The van der Waals surface area contributed by atoms with E-state index in [1.54, 1.807) is 12.1 Å². The van der Waals surface area contributed by atoms with Crippen LogP contribution in [-0.4, -0.2) is 11.7 Å². The van der Waals surface area contributed by atoms with E-state index in [2.05, 4.69) is 0 Å². The Labute approximate surface area is 118 Å². The molecule has 0 spiro atoms. The van der Waals surface area contributed by atoms with Gasteiger partial charge in [0.15, 0.2) is 11.5 Å². The molecule has 0 saturated heterocycles. The second-order valence-electron chi connectivity index (χ2n) is 4.34. The molecule has 4 nitrogen and oxygen atoms in total. The highest BCUT2D eigenvalue weighted by atomic mass is 16.5. The maximum atomic E-state index is 9.26. The summed E-state index contributed by atoms with van der Waals surface area (Å²) in [7, 11) is 0. The summed E-state index contributed by atoms with van der Waals surface area (Å²) in [6.07, 6.45) is 0. The van der Waals surface area contributed by atoms with E-state index in [1.165, 1.54) is 0 Å². The summed E-state index contributed by atoms with van der Waals surface area (Å²) in [5, 5.41) is 9.26. The Kier molecular flexibility index (Phi) is 4.85. The maximum Gasteiger partial charge on any atom is 0.166 e. The molecule has 0 fully saturated rings. The summed E-state index contributed by atoms with van der Waals surface area (Å²) in [5.74, 6) is 1.63. The molecule has 20 heavy (non-hydrogen) atoms. The highest BCUT2D eigenvalue weighted by Gasteiger charge is 2.10. The number of phenols is 1. The topological polar surface area (TPSA) is 64.7 Å². The Morgan fingerprint density at radius 3 is 2.45 bits per heavy atom. The lowest BCUT2D eigenvalue weighted by Crippen LogP contribution is -2.05.